The number of aromatic amines is 1. The molecule has 23 heavy (non-hydrogen) atoms. The topological polar surface area (TPSA) is 64.9 Å². The van der Waals surface area contributed by atoms with Crippen LogP contribution in [-0.2, 0) is 11.3 Å². The summed E-state index contributed by atoms with van der Waals surface area (Å²) in [5, 5.41) is 8.91. The van der Waals surface area contributed by atoms with E-state index in [-0.39, 0.29) is 12.1 Å². The maximum atomic E-state index is 8.91. The molecule has 0 spiro atoms. The van der Waals surface area contributed by atoms with Crippen molar-refractivity contribution in [1.82, 2.24) is 14.9 Å². The first-order valence-corrected chi connectivity index (χ1v) is 7.89. The Labute approximate surface area is 136 Å². The molecule has 1 saturated heterocycles. The van der Waals surface area contributed by atoms with E-state index >= 15 is 0 Å². The molecule has 0 saturated carbocycles. The number of nitrogens with one attached hydrogen (secondary N) is 1. The Morgan fingerprint density at radius 1 is 1.35 bits per heavy atom. The largest absolute Gasteiger partial charge is 0.380 e. The fourth-order valence-electron chi connectivity index (χ4n) is 3.14. The Morgan fingerprint density at radius 2 is 2.09 bits per heavy atom. The first-order valence-electron chi connectivity index (χ1n) is 7.89. The quantitative estimate of drug-likeness (QED) is 0.943. The molecule has 3 rings (SSSR count). The van der Waals surface area contributed by atoms with Crippen LogP contribution in [0.1, 0.15) is 40.8 Å². The lowest BCUT2D eigenvalue weighted by Crippen LogP contribution is -2.25. The summed E-state index contributed by atoms with van der Waals surface area (Å²) < 4.78 is 5.58. The fraction of sp³-hybridized carbons (Fsp3) is 0.444. The third-order valence-corrected chi connectivity index (χ3v) is 4.63. The second-order valence-corrected chi connectivity index (χ2v) is 6.18. The smallest absolute Gasteiger partial charge is 0.124 e. The zero-order valence-electron chi connectivity index (χ0n) is 13.8. The molecule has 120 valence electrons. The number of benzene rings is 1. The Kier molecular flexibility index (Phi) is 4.46. The summed E-state index contributed by atoms with van der Waals surface area (Å²) >= 11 is 0. The van der Waals surface area contributed by atoms with Gasteiger partial charge in [0.1, 0.15) is 5.82 Å². The van der Waals surface area contributed by atoms with Gasteiger partial charge in [-0.2, -0.15) is 5.26 Å². The second-order valence-electron chi connectivity index (χ2n) is 6.18. The Hall–Kier alpha value is -2.16. The van der Waals surface area contributed by atoms with Gasteiger partial charge in [0.15, 0.2) is 0 Å². The van der Waals surface area contributed by atoms with Crippen molar-refractivity contribution in [2.45, 2.75) is 39.0 Å². The van der Waals surface area contributed by atoms with E-state index in [1.807, 2.05) is 31.2 Å². The van der Waals surface area contributed by atoms with Crippen molar-refractivity contribution in [3.8, 4) is 6.07 Å². The third kappa shape index (κ3) is 3.29. The van der Waals surface area contributed by atoms with Crippen LogP contribution >= 0.6 is 0 Å². The number of likely N-dealkylation sites (tertiary alicyclic amines) is 1. The zero-order chi connectivity index (χ0) is 16.4. The van der Waals surface area contributed by atoms with Gasteiger partial charge in [-0.1, -0.05) is 12.1 Å². The average Bonchev–Trinajstić information content (AvgIpc) is 3.11. The van der Waals surface area contributed by atoms with E-state index in [2.05, 4.69) is 27.9 Å². The van der Waals surface area contributed by atoms with E-state index in [0.717, 1.165) is 36.7 Å². The van der Waals surface area contributed by atoms with E-state index in [1.165, 1.54) is 5.56 Å². The number of nitriles is 1. The molecule has 1 fully saturated rings. The molecule has 1 N–H and O–H groups in total. The Balaban J connectivity index is 1.81. The Bertz CT molecular complexity index is 694. The van der Waals surface area contributed by atoms with Gasteiger partial charge in [0.2, 0.25) is 0 Å². The minimum atomic E-state index is 0.226. The van der Waals surface area contributed by atoms with Crippen molar-refractivity contribution < 1.29 is 4.74 Å². The molecule has 2 aromatic rings. The summed E-state index contributed by atoms with van der Waals surface area (Å²) in [7, 11) is 1.77. The molecule has 2 heterocycles. The normalized spacial score (nSPS) is 21.5. The molecule has 0 amide bonds. The minimum Gasteiger partial charge on any atom is -0.380 e. The number of hydrogen-bond acceptors (Lipinski definition) is 4. The monoisotopic (exact) mass is 310 g/mol. The van der Waals surface area contributed by atoms with Crippen LogP contribution in [0.25, 0.3) is 0 Å². The van der Waals surface area contributed by atoms with Gasteiger partial charge >= 0.3 is 0 Å². The lowest BCUT2D eigenvalue weighted by atomic mass is 10.1. The van der Waals surface area contributed by atoms with E-state index in [9.17, 15) is 0 Å². The van der Waals surface area contributed by atoms with Crippen LogP contribution < -0.4 is 0 Å². The van der Waals surface area contributed by atoms with Gasteiger partial charge in [-0.25, -0.2) is 4.98 Å². The van der Waals surface area contributed by atoms with Gasteiger partial charge in [0, 0.05) is 25.9 Å². The van der Waals surface area contributed by atoms with Crippen LogP contribution in [-0.4, -0.2) is 34.6 Å². The van der Waals surface area contributed by atoms with Gasteiger partial charge in [-0.05, 0) is 38.0 Å². The minimum absolute atomic E-state index is 0.226. The number of aryl methyl sites for hydroxylation is 2. The fourth-order valence-corrected chi connectivity index (χ4v) is 3.14. The summed E-state index contributed by atoms with van der Waals surface area (Å²) in [6.45, 7) is 5.80. The number of methoxy groups -OCH3 is 1. The van der Waals surface area contributed by atoms with Crippen molar-refractivity contribution in [2.24, 2.45) is 0 Å². The number of imidazole rings is 1. The van der Waals surface area contributed by atoms with E-state index < -0.39 is 0 Å². The highest BCUT2D eigenvalue weighted by Gasteiger charge is 2.35. The number of aromatic nitrogens is 2. The van der Waals surface area contributed by atoms with Crippen LogP contribution in [0.5, 0.6) is 0 Å². The van der Waals surface area contributed by atoms with Crippen LogP contribution in [0.3, 0.4) is 0 Å². The lowest BCUT2D eigenvalue weighted by molar-refractivity contribution is 0.107. The predicted octanol–water partition coefficient (Wildman–Crippen LogP) is 2.86. The number of rotatable bonds is 4. The van der Waals surface area contributed by atoms with Crippen LogP contribution in [0.2, 0.25) is 0 Å². The van der Waals surface area contributed by atoms with Crippen LogP contribution in [0.15, 0.2) is 24.3 Å². The maximum absolute atomic E-state index is 8.91. The molecule has 0 aliphatic carbocycles. The highest BCUT2D eigenvalue weighted by Crippen LogP contribution is 2.33. The lowest BCUT2D eigenvalue weighted by Gasteiger charge is -2.22. The molecular weight excluding hydrogens is 288 g/mol. The first-order chi connectivity index (χ1) is 11.1. The van der Waals surface area contributed by atoms with Gasteiger partial charge in [0.25, 0.3) is 0 Å². The van der Waals surface area contributed by atoms with Crippen LogP contribution in [0.4, 0.5) is 0 Å². The number of hydrogen-bond donors (Lipinski definition) is 1. The molecule has 5 heteroatoms. The third-order valence-electron chi connectivity index (χ3n) is 4.63. The van der Waals surface area contributed by atoms with Gasteiger partial charge < -0.3 is 9.72 Å². The molecule has 1 aliphatic heterocycles. The van der Waals surface area contributed by atoms with Crippen molar-refractivity contribution >= 4 is 0 Å². The SMILES string of the molecule is CO[C@@H]1C[C@@H](c2nc(C)c(C)[nH]2)N(Cc2ccc(C#N)cc2)C1. The summed E-state index contributed by atoms with van der Waals surface area (Å²) in [5.74, 6) is 1.02. The molecule has 1 aromatic carbocycles. The number of H-pyrrole nitrogens is 1. The molecule has 1 aromatic heterocycles. The predicted molar refractivity (Wildman–Crippen MR) is 87.8 cm³/mol. The number of nitrogens with zero attached hydrogens (tertiary/aromatic N) is 3. The maximum Gasteiger partial charge on any atom is 0.124 e. The molecule has 0 bridgehead atoms. The van der Waals surface area contributed by atoms with E-state index in [1.54, 1.807) is 7.11 Å². The first kappa shape index (κ1) is 15.7. The van der Waals surface area contributed by atoms with Crippen molar-refractivity contribution in [2.75, 3.05) is 13.7 Å². The van der Waals surface area contributed by atoms with Crippen molar-refractivity contribution in [3.05, 3.63) is 52.6 Å². The zero-order valence-corrected chi connectivity index (χ0v) is 13.8. The standard InChI is InChI=1S/C18H22N4O/c1-12-13(2)21-18(20-12)17-8-16(23-3)11-22(17)10-15-6-4-14(9-19)5-7-15/h4-7,16-17H,8,10-11H2,1-3H3,(H,20,21)/t16-,17+/m1/s1. The number of ether oxygens (including phenoxy) is 1. The average molecular weight is 310 g/mol. The van der Waals surface area contributed by atoms with E-state index in [0.29, 0.717) is 5.56 Å². The van der Waals surface area contributed by atoms with Crippen molar-refractivity contribution in [1.29, 1.82) is 5.26 Å². The van der Waals surface area contributed by atoms with Gasteiger partial charge in [0.05, 0.1) is 29.5 Å². The van der Waals surface area contributed by atoms with Crippen LogP contribution in [0, 0.1) is 25.2 Å². The highest BCUT2D eigenvalue weighted by atomic mass is 16.5. The summed E-state index contributed by atoms with van der Waals surface area (Å²) in [6.07, 6.45) is 1.17. The molecule has 0 unspecified atom stereocenters. The van der Waals surface area contributed by atoms with Gasteiger partial charge in [-0.3, -0.25) is 4.90 Å². The summed E-state index contributed by atoms with van der Waals surface area (Å²) in [4.78, 5) is 10.5. The van der Waals surface area contributed by atoms with Gasteiger partial charge in [-0.15, -0.1) is 0 Å². The molecule has 0 radical (unpaired) electrons. The van der Waals surface area contributed by atoms with E-state index in [4.69, 9.17) is 10.00 Å². The Morgan fingerprint density at radius 3 is 2.65 bits per heavy atom. The van der Waals surface area contributed by atoms with Crippen molar-refractivity contribution in [3.63, 3.8) is 0 Å². The molecule has 1 aliphatic rings. The second kappa shape index (κ2) is 6.53. The molecule has 5 nitrogen and oxygen atoms in total. The summed E-state index contributed by atoms with van der Waals surface area (Å²) in [5.41, 5.74) is 4.07. The highest BCUT2D eigenvalue weighted by molar-refractivity contribution is 5.31. The summed E-state index contributed by atoms with van der Waals surface area (Å²) in [6, 6.07) is 10.2. The molecule has 2 atom stereocenters. The molecular formula is C18H22N4O.